The van der Waals surface area contributed by atoms with Crippen molar-refractivity contribution >= 4 is 0 Å². The van der Waals surface area contributed by atoms with E-state index in [4.69, 9.17) is 4.74 Å². The zero-order valence-electron chi connectivity index (χ0n) is 6.32. The van der Waals surface area contributed by atoms with Crippen LogP contribution in [-0.4, -0.2) is 13.7 Å². The van der Waals surface area contributed by atoms with Crippen LogP contribution in [0.5, 0.6) is 0 Å². The van der Waals surface area contributed by atoms with Crippen molar-refractivity contribution in [1.29, 1.82) is 0 Å². The van der Waals surface area contributed by atoms with Crippen LogP contribution in [0.3, 0.4) is 0 Å². The van der Waals surface area contributed by atoms with Gasteiger partial charge in [0.25, 0.3) is 0 Å². The molecule has 0 saturated heterocycles. The van der Waals surface area contributed by atoms with Gasteiger partial charge < -0.3 is 4.74 Å². The second-order valence-corrected chi connectivity index (χ2v) is 2.65. The molecule has 0 bridgehead atoms. The topological polar surface area (TPSA) is 9.23 Å². The van der Waals surface area contributed by atoms with Gasteiger partial charge in [-0.1, -0.05) is 0 Å². The lowest BCUT2D eigenvalue weighted by Crippen LogP contribution is -2.02. The van der Waals surface area contributed by atoms with Gasteiger partial charge in [0.05, 0.1) is 6.61 Å². The molecule has 0 aromatic carbocycles. The van der Waals surface area contributed by atoms with E-state index in [9.17, 15) is 4.39 Å². The van der Waals surface area contributed by atoms with Crippen molar-refractivity contribution in [1.82, 2.24) is 0 Å². The van der Waals surface area contributed by atoms with Crippen LogP contribution in [0.2, 0.25) is 0 Å². The molecule has 0 aromatic rings. The molecule has 0 aliphatic heterocycles. The maximum Gasteiger partial charge on any atom is 0.101 e. The van der Waals surface area contributed by atoms with Crippen LogP contribution >= 0.6 is 0 Å². The molecule has 10 heavy (non-hydrogen) atoms. The van der Waals surface area contributed by atoms with Crippen molar-refractivity contribution in [3.05, 3.63) is 11.4 Å². The van der Waals surface area contributed by atoms with Crippen molar-refractivity contribution in [2.75, 3.05) is 13.7 Å². The van der Waals surface area contributed by atoms with Gasteiger partial charge in [-0.25, -0.2) is 4.39 Å². The fraction of sp³-hybridized carbons (Fsp3) is 0.750. The van der Waals surface area contributed by atoms with Gasteiger partial charge in [-0.3, -0.25) is 0 Å². The van der Waals surface area contributed by atoms with Crippen LogP contribution in [0.4, 0.5) is 4.39 Å². The molecule has 2 heteroatoms. The Hall–Kier alpha value is -0.370. The summed E-state index contributed by atoms with van der Waals surface area (Å²) in [6.07, 6.45) is 3.63. The predicted molar refractivity (Wildman–Crippen MR) is 38.5 cm³/mol. The molecule has 0 radical (unpaired) electrons. The molecule has 0 unspecified atom stereocenters. The molecule has 0 N–H and O–H groups in total. The Morgan fingerprint density at radius 3 is 2.70 bits per heavy atom. The highest BCUT2D eigenvalue weighted by atomic mass is 19.1. The maximum atomic E-state index is 12.8. The zero-order chi connectivity index (χ0) is 7.40. The van der Waals surface area contributed by atoms with E-state index in [1.807, 2.05) is 0 Å². The van der Waals surface area contributed by atoms with Gasteiger partial charge in [0.2, 0.25) is 0 Å². The summed E-state index contributed by atoms with van der Waals surface area (Å²) >= 11 is 0. The summed E-state index contributed by atoms with van der Waals surface area (Å²) in [5.41, 5.74) is 0.869. The van der Waals surface area contributed by atoms with Crippen LogP contribution in [0.15, 0.2) is 11.4 Å². The molecule has 0 spiro atoms. The molecule has 0 aromatic heterocycles. The minimum absolute atomic E-state index is 0.0631. The number of methoxy groups -OCH3 is 1. The highest BCUT2D eigenvalue weighted by molar-refractivity contribution is 5.11. The molecule has 1 aliphatic rings. The smallest absolute Gasteiger partial charge is 0.101 e. The second-order valence-electron chi connectivity index (χ2n) is 2.65. The van der Waals surface area contributed by atoms with Crippen molar-refractivity contribution < 1.29 is 9.13 Å². The first kappa shape index (κ1) is 7.73. The number of rotatable bonds is 2. The van der Waals surface area contributed by atoms with Gasteiger partial charge in [0.1, 0.15) is 5.83 Å². The maximum absolute atomic E-state index is 12.8. The third-order valence-corrected chi connectivity index (χ3v) is 1.83. The fourth-order valence-corrected chi connectivity index (χ4v) is 1.26. The Morgan fingerprint density at radius 2 is 2.10 bits per heavy atom. The molecule has 58 valence electrons. The summed E-state index contributed by atoms with van der Waals surface area (Å²) in [5.74, 6) is 0.0631. The van der Waals surface area contributed by atoms with Crippen molar-refractivity contribution in [2.24, 2.45) is 0 Å². The Balaban J connectivity index is 2.50. The summed E-state index contributed by atoms with van der Waals surface area (Å²) in [5, 5.41) is 0. The van der Waals surface area contributed by atoms with Gasteiger partial charge >= 0.3 is 0 Å². The van der Waals surface area contributed by atoms with Crippen LogP contribution in [-0.2, 0) is 4.74 Å². The molecule has 0 fully saturated rings. The Labute approximate surface area is 60.9 Å². The van der Waals surface area contributed by atoms with Gasteiger partial charge in [0, 0.05) is 7.11 Å². The van der Waals surface area contributed by atoms with E-state index in [0.29, 0.717) is 13.0 Å². The van der Waals surface area contributed by atoms with Gasteiger partial charge in [-0.2, -0.15) is 0 Å². The molecule has 1 aliphatic carbocycles. The average molecular weight is 144 g/mol. The van der Waals surface area contributed by atoms with Crippen LogP contribution < -0.4 is 0 Å². The first-order valence-corrected chi connectivity index (χ1v) is 3.70. The monoisotopic (exact) mass is 144 g/mol. The lowest BCUT2D eigenvalue weighted by atomic mass is 9.99. The summed E-state index contributed by atoms with van der Waals surface area (Å²) < 4.78 is 17.7. The highest BCUT2D eigenvalue weighted by Gasteiger charge is 2.11. The van der Waals surface area contributed by atoms with Crippen LogP contribution in [0.1, 0.15) is 25.7 Å². The van der Waals surface area contributed by atoms with E-state index in [0.717, 1.165) is 24.8 Å². The van der Waals surface area contributed by atoms with E-state index >= 15 is 0 Å². The van der Waals surface area contributed by atoms with E-state index in [-0.39, 0.29) is 5.83 Å². The Morgan fingerprint density at radius 1 is 1.40 bits per heavy atom. The fourth-order valence-electron chi connectivity index (χ4n) is 1.26. The van der Waals surface area contributed by atoms with Gasteiger partial charge in [-0.15, -0.1) is 0 Å². The largest absolute Gasteiger partial charge is 0.380 e. The number of hydrogen-bond acceptors (Lipinski definition) is 1. The van der Waals surface area contributed by atoms with E-state index in [1.165, 1.54) is 0 Å². The quantitative estimate of drug-likeness (QED) is 0.578. The summed E-state index contributed by atoms with van der Waals surface area (Å²) in [7, 11) is 1.61. The molecular weight excluding hydrogens is 131 g/mol. The van der Waals surface area contributed by atoms with Crippen LogP contribution in [0, 0.1) is 0 Å². The summed E-state index contributed by atoms with van der Waals surface area (Å²) in [4.78, 5) is 0. The summed E-state index contributed by atoms with van der Waals surface area (Å²) in [6, 6.07) is 0. The van der Waals surface area contributed by atoms with E-state index in [2.05, 4.69) is 0 Å². The van der Waals surface area contributed by atoms with E-state index in [1.54, 1.807) is 7.11 Å². The number of allylic oxidation sites excluding steroid dienone is 1. The predicted octanol–water partition coefficient (Wildman–Crippen LogP) is 2.43. The molecular formula is C8H13FO. The molecule has 0 atom stereocenters. The zero-order valence-corrected chi connectivity index (χ0v) is 6.32. The Bertz CT molecular complexity index is 140. The lowest BCUT2D eigenvalue weighted by Gasteiger charge is -2.13. The SMILES string of the molecule is COCC1=C(F)CCCC1. The molecule has 0 heterocycles. The molecule has 0 saturated carbocycles. The first-order chi connectivity index (χ1) is 4.84. The number of hydrogen-bond donors (Lipinski definition) is 0. The van der Waals surface area contributed by atoms with Crippen LogP contribution in [0.25, 0.3) is 0 Å². The standard InChI is InChI=1S/C8H13FO/c1-10-6-7-4-2-3-5-8(7)9/h2-6H2,1H3. The third kappa shape index (κ3) is 1.81. The molecule has 1 rings (SSSR count). The third-order valence-electron chi connectivity index (χ3n) is 1.83. The number of halogens is 1. The minimum atomic E-state index is 0.0631. The summed E-state index contributed by atoms with van der Waals surface area (Å²) in [6.45, 7) is 0.478. The second kappa shape index (κ2) is 3.71. The normalized spacial score (nSPS) is 19.8. The molecule has 1 nitrogen and oxygen atoms in total. The molecule has 0 amide bonds. The highest BCUT2D eigenvalue weighted by Crippen LogP contribution is 2.25. The minimum Gasteiger partial charge on any atom is -0.380 e. The van der Waals surface area contributed by atoms with Crippen molar-refractivity contribution in [3.8, 4) is 0 Å². The van der Waals surface area contributed by atoms with Gasteiger partial charge in [-0.05, 0) is 31.3 Å². The average Bonchev–Trinajstić information content (AvgIpc) is 1.94. The Kier molecular flexibility index (Phi) is 2.87. The first-order valence-electron chi connectivity index (χ1n) is 3.70. The lowest BCUT2D eigenvalue weighted by molar-refractivity contribution is 0.217. The van der Waals surface area contributed by atoms with Crippen molar-refractivity contribution in [2.45, 2.75) is 25.7 Å². The van der Waals surface area contributed by atoms with Gasteiger partial charge in [0.15, 0.2) is 0 Å². The number of ether oxygens (including phenoxy) is 1. The van der Waals surface area contributed by atoms with Crippen molar-refractivity contribution in [3.63, 3.8) is 0 Å². The van der Waals surface area contributed by atoms with E-state index < -0.39 is 0 Å².